The molecule has 60 valence electrons. The van der Waals surface area contributed by atoms with Gasteiger partial charge in [0.15, 0.2) is 0 Å². The lowest BCUT2D eigenvalue weighted by atomic mass is 9.79. The van der Waals surface area contributed by atoms with E-state index >= 15 is 0 Å². The van der Waals surface area contributed by atoms with Crippen molar-refractivity contribution in [2.24, 2.45) is 5.41 Å². The smallest absolute Gasteiger partial charge is 0.0442 e. The highest BCUT2D eigenvalue weighted by Gasteiger charge is 2.21. The van der Waals surface area contributed by atoms with Crippen LogP contribution in [0, 0.1) is 5.41 Å². The summed E-state index contributed by atoms with van der Waals surface area (Å²) in [5.41, 5.74) is 0.0174. The molecule has 1 unspecified atom stereocenters. The van der Waals surface area contributed by atoms with E-state index in [0.29, 0.717) is 0 Å². The molecule has 0 aromatic rings. The summed E-state index contributed by atoms with van der Waals surface area (Å²) in [6.07, 6.45) is 11.9. The maximum atomic E-state index is 8.81. The Hall–Kier alpha value is -0.820. The lowest BCUT2D eigenvalue weighted by molar-refractivity contribution is 0.246. The van der Waals surface area contributed by atoms with Crippen LogP contribution in [0.1, 0.15) is 12.8 Å². The average molecular weight is 150 g/mol. The highest BCUT2D eigenvalue weighted by molar-refractivity contribution is 5.21. The van der Waals surface area contributed by atoms with E-state index < -0.39 is 0 Å². The van der Waals surface area contributed by atoms with Crippen molar-refractivity contribution in [3.05, 3.63) is 37.0 Å². The molecule has 1 aliphatic rings. The first kappa shape index (κ1) is 8.28. The van der Waals surface area contributed by atoms with Crippen LogP contribution >= 0.6 is 0 Å². The maximum Gasteiger partial charge on any atom is 0.0442 e. The van der Waals surface area contributed by atoms with Crippen LogP contribution in [-0.4, -0.2) is 11.7 Å². The van der Waals surface area contributed by atoms with E-state index in [0.717, 1.165) is 12.8 Å². The van der Waals surface area contributed by atoms with E-state index in [1.807, 2.05) is 18.2 Å². The van der Waals surface area contributed by atoms with Gasteiger partial charge >= 0.3 is 0 Å². The zero-order chi connectivity index (χ0) is 8.16. The SMILES string of the molecule is C=CC1(CCO)C=CC=CC1. The molecular formula is C10H14O. The topological polar surface area (TPSA) is 20.2 Å². The molecule has 0 fully saturated rings. The van der Waals surface area contributed by atoms with E-state index in [1.165, 1.54) is 0 Å². The Bertz CT molecular complexity index is 191. The van der Waals surface area contributed by atoms with E-state index in [2.05, 4.69) is 18.7 Å². The molecule has 1 aliphatic carbocycles. The fraction of sp³-hybridized carbons (Fsp3) is 0.400. The third-order valence-corrected chi connectivity index (χ3v) is 2.16. The van der Waals surface area contributed by atoms with Crippen LogP contribution in [0.3, 0.4) is 0 Å². The fourth-order valence-electron chi connectivity index (χ4n) is 1.33. The molecule has 1 rings (SSSR count). The second kappa shape index (κ2) is 3.54. The Morgan fingerprint density at radius 2 is 2.36 bits per heavy atom. The summed E-state index contributed by atoms with van der Waals surface area (Å²) in [7, 11) is 0. The van der Waals surface area contributed by atoms with Gasteiger partial charge in [0, 0.05) is 12.0 Å². The number of hydrogen-bond acceptors (Lipinski definition) is 1. The molecule has 1 N–H and O–H groups in total. The lowest BCUT2D eigenvalue weighted by Gasteiger charge is -2.26. The van der Waals surface area contributed by atoms with Crippen molar-refractivity contribution < 1.29 is 5.11 Å². The molecule has 0 radical (unpaired) electrons. The van der Waals surface area contributed by atoms with Gasteiger partial charge in [0.2, 0.25) is 0 Å². The summed E-state index contributed by atoms with van der Waals surface area (Å²) >= 11 is 0. The first-order chi connectivity index (χ1) is 5.33. The Kier molecular flexibility index (Phi) is 2.66. The first-order valence-corrected chi connectivity index (χ1v) is 3.92. The molecule has 1 nitrogen and oxygen atoms in total. The van der Waals surface area contributed by atoms with E-state index in [4.69, 9.17) is 5.11 Å². The van der Waals surface area contributed by atoms with Crippen LogP contribution in [0.2, 0.25) is 0 Å². The minimum atomic E-state index is 0.0174. The summed E-state index contributed by atoms with van der Waals surface area (Å²) in [4.78, 5) is 0. The van der Waals surface area contributed by atoms with Crippen LogP contribution in [0.4, 0.5) is 0 Å². The molecule has 0 aromatic carbocycles. The third-order valence-electron chi connectivity index (χ3n) is 2.16. The quantitative estimate of drug-likeness (QED) is 0.610. The Morgan fingerprint density at radius 3 is 2.82 bits per heavy atom. The molecular weight excluding hydrogens is 136 g/mol. The number of rotatable bonds is 3. The molecule has 0 bridgehead atoms. The van der Waals surface area contributed by atoms with Crippen molar-refractivity contribution in [2.75, 3.05) is 6.61 Å². The molecule has 0 aromatic heterocycles. The largest absolute Gasteiger partial charge is 0.396 e. The van der Waals surface area contributed by atoms with Crippen LogP contribution in [0.5, 0.6) is 0 Å². The second-order valence-electron chi connectivity index (χ2n) is 2.90. The highest BCUT2D eigenvalue weighted by atomic mass is 16.3. The van der Waals surface area contributed by atoms with Gasteiger partial charge in [-0.2, -0.15) is 0 Å². The van der Waals surface area contributed by atoms with Gasteiger partial charge < -0.3 is 5.11 Å². The van der Waals surface area contributed by atoms with Crippen molar-refractivity contribution in [3.8, 4) is 0 Å². The third kappa shape index (κ3) is 1.81. The zero-order valence-electron chi connectivity index (χ0n) is 6.66. The Morgan fingerprint density at radius 1 is 1.55 bits per heavy atom. The normalized spacial score (nSPS) is 28.8. The first-order valence-electron chi connectivity index (χ1n) is 3.92. The fourth-order valence-corrected chi connectivity index (χ4v) is 1.33. The summed E-state index contributed by atoms with van der Waals surface area (Å²) in [6, 6.07) is 0. The van der Waals surface area contributed by atoms with Crippen molar-refractivity contribution >= 4 is 0 Å². The molecule has 11 heavy (non-hydrogen) atoms. The summed E-state index contributed by atoms with van der Waals surface area (Å²) in [5, 5.41) is 8.81. The van der Waals surface area contributed by atoms with Crippen molar-refractivity contribution in [3.63, 3.8) is 0 Å². The van der Waals surface area contributed by atoms with Gasteiger partial charge in [0.1, 0.15) is 0 Å². The summed E-state index contributed by atoms with van der Waals surface area (Å²) in [6.45, 7) is 4.01. The molecule has 0 aliphatic heterocycles. The average Bonchev–Trinajstić information content (AvgIpc) is 2.07. The predicted molar refractivity (Wildman–Crippen MR) is 47.2 cm³/mol. The summed E-state index contributed by atoms with van der Waals surface area (Å²) < 4.78 is 0. The maximum absolute atomic E-state index is 8.81. The van der Waals surface area contributed by atoms with Crippen LogP contribution in [-0.2, 0) is 0 Å². The minimum absolute atomic E-state index is 0.0174. The standard InChI is InChI=1S/C10H14O/c1-2-10(8-9-11)6-4-3-5-7-10/h2-6,11H,1,7-9H2. The highest BCUT2D eigenvalue weighted by Crippen LogP contribution is 2.32. The van der Waals surface area contributed by atoms with Crippen molar-refractivity contribution in [2.45, 2.75) is 12.8 Å². The molecule has 0 saturated heterocycles. The predicted octanol–water partition coefficient (Wildman–Crippen LogP) is 2.06. The van der Waals surface area contributed by atoms with E-state index in [-0.39, 0.29) is 12.0 Å². The van der Waals surface area contributed by atoms with Gasteiger partial charge in [-0.15, -0.1) is 6.58 Å². The monoisotopic (exact) mass is 150 g/mol. The van der Waals surface area contributed by atoms with Crippen molar-refractivity contribution in [1.29, 1.82) is 0 Å². The molecule has 0 amide bonds. The number of aliphatic hydroxyl groups is 1. The minimum Gasteiger partial charge on any atom is -0.396 e. The van der Waals surface area contributed by atoms with Crippen LogP contribution in [0.25, 0.3) is 0 Å². The lowest BCUT2D eigenvalue weighted by Crippen LogP contribution is -2.16. The van der Waals surface area contributed by atoms with Gasteiger partial charge in [0.25, 0.3) is 0 Å². The molecule has 0 heterocycles. The van der Waals surface area contributed by atoms with Gasteiger partial charge in [0.05, 0.1) is 0 Å². The molecule has 1 atom stereocenters. The van der Waals surface area contributed by atoms with Crippen molar-refractivity contribution in [1.82, 2.24) is 0 Å². The molecule has 0 saturated carbocycles. The van der Waals surface area contributed by atoms with Crippen LogP contribution in [0.15, 0.2) is 37.0 Å². The summed E-state index contributed by atoms with van der Waals surface area (Å²) in [5.74, 6) is 0. The van der Waals surface area contributed by atoms with E-state index in [1.54, 1.807) is 0 Å². The van der Waals surface area contributed by atoms with Gasteiger partial charge in [-0.05, 0) is 12.8 Å². The zero-order valence-corrected chi connectivity index (χ0v) is 6.66. The number of aliphatic hydroxyl groups excluding tert-OH is 1. The van der Waals surface area contributed by atoms with Crippen LogP contribution < -0.4 is 0 Å². The Balaban J connectivity index is 2.68. The molecule has 0 spiro atoms. The number of hydrogen-bond donors (Lipinski definition) is 1. The molecule has 1 heteroatoms. The Labute approximate surface area is 67.7 Å². The van der Waals surface area contributed by atoms with E-state index in [9.17, 15) is 0 Å². The van der Waals surface area contributed by atoms with Gasteiger partial charge in [-0.3, -0.25) is 0 Å². The van der Waals surface area contributed by atoms with Gasteiger partial charge in [-0.25, -0.2) is 0 Å². The van der Waals surface area contributed by atoms with Gasteiger partial charge in [-0.1, -0.05) is 30.4 Å². The second-order valence-corrected chi connectivity index (χ2v) is 2.90. The number of allylic oxidation sites excluding steroid dienone is 5.